The Morgan fingerprint density at radius 1 is 0.947 bits per heavy atom. The van der Waals surface area contributed by atoms with Crippen LogP contribution in [0.15, 0.2) is 0 Å². The number of nitrogens with one attached hydrogen (secondary N) is 1. The van der Waals surface area contributed by atoms with Crippen LogP contribution in [-0.2, 0) is 0 Å². The Morgan fingerprint density at radius 2 is 1.53 bits per heavy atom. The fourth-order valence-electron chi connectivity index (χ4n) is 2.50. The average Bonchev–Trinajstić information content (AvgIpc) is 2.36. The molecule has 0 spiro atoms. The molecule has 1 aliphatic carbocycles. The lowest BCUT2D eigenvalue weighted by Crippen LogP contribution is -2.31. The lowest BCUT2D eigenvalue weighted by Gasteiger charge is -2.33. The fourth-order valence-corrected chi connectivity index (χ4v) is 2.50. The van der Waals surface area contributed by atoms with Crippen LogP contribution in [0.5, 0.6) is 0 Å². The number of anilines is 1. The molecule has 1 fully saturated rings. The molecule has 6 heteroatoms. The van der Waals surface area contributed by atoms with Gasteiger partial charge in [-0.15, -0.1) is 0 Å². The van der Waals surface area contributed by atoms with E-state index in [4.69, 9.17) is 0 Å². The lowest BCUT2D eigenvalue weighted by atomic mass is 9.79. The predicted octanol–water partition coefficient (Wildman–Crippen LogP) is 3.87. The molecule has 0 amide bonds. The molecule has 1 aromatic heterocycles. The Bertz CT molecular complexity index is 452. The maximum atomic E-state index is 13.5. The summed E-state index contributed by atoms with van der Waals surface area (Å²) in [6.45, 7) is 4.17. The van der Waals surface area contributed by atoms with Crippen LogP contribution in [0.1, 0.15) is 33.1 Å². The highest BCUT2D eigenvalue weighted by Crippen LogP contribution is 2.32. The smallest absolute Gasteiger partial charge is 0.253 e. The summed E-state index contributed by atoms with van der Waals surface area (Å²) in [5.74, 6) is -5.25. The zero-order valence-electron chi connectivity index (χ0n) is 10.8. The van der Waals surface area contributed by atoms with Gasteiger partial charge in [0, 0.05) is 6.04 Å². The summed E-state index contributed by atoms with van der Waals surface area (Å²) >= 11 is 0. The van der Waals surface area contributed by atoms with Crippen molar-refractivity contribution >= 4 is 5.69 Å². The standard InChI is InChI=1S/C13H16F4N2/c1-6-3-4-8(5-7(6)2)18-11-9(14)12(16)19-13(17)10(11)15/h6-8H,3-5H2,1-2H3,(H,18,19). The van der Waals surface area contributed by atoms with E-state index in [1.165, 1.54) is 0 Å². The highest BCUT2D eigenvalue weighted by Gasteiger charge is 2.28. The molecule has 3 unspecified atom stereocenters. The summed E-state index contributed by atoms with van der Waals surface area (Å²) in [5, 5.41) is 2.58. The highest BCUT2D eigenvalue weighted by molar-refractivity contribution is 5.46. The summed E-state index contributed by atoms with van der Waals surface area (Å²) in [6.07, 6.45) is 2.35. The number of hydrogen-bond donors (Lipinski definition) is 1. The van der Waals surface area contributed by atoms with Crippen molar-refractivity contribution in [2.75, 3.05) is 5.32 Å². The number of halogens is 4. The van der Waals surface area contributed by atoms with Gasteiger partial charge in [0.15, 0.2) is 0 Å². The SMILES string of the molecule is CC1CCC(Nc2c(F)c(F)nc(F)c2F)CC1C. The van der Waals surface area contributed by atoms with Crippen LogP contribution in [0, 0.1) is 35.4 Å². The number of pyridine rings is 1. The molecule has 0 saturated heterocycles. The third-order valence-electron chi connectivity index (χ3n) is 3.94. The second-order valence-corrected chi connectivity index (χ2v) is 5.31. The van der Waals surface area contributed by atoms with Gasteiger partial charge in [0.05, 0.1) is 0 Å². The maximum absolute atomic E-state index is 13.5. The lowest BCUT2D eigenvalue weighted by molar-refractivity contribution is 0.259. The van der Waals surface area contributed by atoms with Gasteiger partial charge in [0.25, 0.3) is 11.9 Å². The van der Waals surface area contributed by atoms with E-state index in [-0.39, 0.29) is 6.04 Å². The van der Waals surface area contributed by atoms with Crippen molar-refractivity contribution in [1.82, 2.24) is 4.98 Å². The second-order valence-electron chi connectivity index (χ2n) is 5.31. The summed E-state index contributed by atoms with van der Waals surface area (Å²) in [7, 11) is 0. The summed E-state index contributed by atoms with van der Waals surface area (Å²) in [4.78, 5) is 2.53. The fraction of sp³-hybridized carbons (Fsp3) is 0.615. The van der Waals surface area contributed by atoms with Crippen molar-refractivity contribution in [2.24, 2.45) is 11.8 Å². The van der Waals surface area contributed by atoms with Gasteiger partial charge in [-0.1, -0.05) is 13.8 Å². The minimum absolute atomic E-state index is 0.184. The first-order valence-corrected chi connectivity index (χ1v) is 6.36. The quantitative estimate of drug-likeness (QED) is 0.655. The van der Waals surface area contributed by atoms with Gasteiger partial charge in [0.1, 0.15) is 5.69 Å². The molecule has 1 aliphatic rings. The monoisotopic (exact) mass is 276 g/mol. The van der Waals surface area contributed by atoms with Gasteiger partial charge in [-0.05, 0) is 31.1 Å². The summed E-state index contributed by atoms with van der Waals surface area (Å²) < 4.78 is 52.9. The van der Waals surface area contributed by atoms with Crippen molar-refractivity contribution in [3.63, 3.8) is 0 Å². The van der Waals surface area contributed by atoms with Crippen LogP contribution < -0.4 is 5.32 Å². The third kappa shape index (κ3) is 2.82. The van der Waals surface area contributed by atoms with E-state index < -0.39 is 29.2 Å². The van der Waals surface area contributed by atoms with Gasteiger partial charge in [-0.2, -0.15) is 22.5 Å². The number of rotatable bonds is 2. The van der Waals surface area contributed by atoms with Crippen LogP contribution in [-0.4, -0.2) is 11.0 Å². The van der Waals surface area contributed by atoms with Crippen molar-refractivity contribution in [3.8, 4) is 0 Å². The van der Waals surface area contributed by atoms with E-state index in [2.05, 4.69) is 24.1 Å². The summed E-state index contributed by atoms with van der Waals surface area (Å²) in [5.41, 5.74) is -0.753. The largest absolute Gasteiger partial charge is 0.377 e. The van der Waals surface area contributed by atoms with Gasteiger partial charge in [0.2, 0.25) is 11.6 Å². The van der Waals surface area contributed by atoms with E-state index in [1.54, 1.807) is 0 Å². The maximum Gasteiger partial charge on any atom is 0.253 e. The van der Waals surface area contributed by atoms with Crippen LogP contribution in [0.4, 0.5) is 23.2 Å². The molecular weight excluding hydrogens is 260 g/mol. The summed E-state index contributed by atoms with van der Waals surface area (Å²) in [6, 6.07) is -0.184. The predicted molar refractivity (Wildman–Crippen MR) is 63.7 cm³/mol. The van der Waals surface area contributed by atoms with Gasteiger partial charge in [-0.3, -0.25) is 0 Å². The minimum Gasteiger partial charge on any atom is -0.377 e. The van der Waals surface area contributed by atoms with E-state index in [0.29, 0.717) is 18.3 Å². The molecule has 1 saturated carbocycles. The van der Waals surface area contributed by atoms with Crippen LogP contribution in [0.25, 0.3) is 0 Å². The molecule has 106 valence electrons. The molecule has 19 heavy (non-hydrogen) atoms. The zero-order valence-corrected chi connectivity index (χ0v) is 10.8. The highest BCUT2D eigenvalue weighted by atomic mass is 19.2. The minimum atomic E-state index is -1.63. The Morgan fingerprint density at radius 3 is 2.05 bits per heavy atom. The molecule has 1 aromatic rings. The molecule has 0 radical (unpaired) electrons. The van der Waals surface area contributed by atoms with Gasteiger partial charge < -0.3 is 5.32 Å². The first-order chi connectivity index (χ1) is 8.90. The van der Waals surface area contributed by atoms with E-state index >= 15 is 0 Å². The number of aromatic nitrogens is 1. The number of nitrogens with zero attached hydrogens (tertiary/aromatic N) is 1. The van der Waals surface area contributed by atoms with Gasteiger partial charge in [-0.25, -0.2) is 0 Å². The van der Waals surface area contributed by atoms with E-state index in [1.807, 2.05) is 0 Å². The van der Waals surface area contributed by atoms with Crippen LogP contribution in [0.3, 0.4) is 0 Å². The van der Waals surface area contributed by atoms with Crippen molar-refractivity contribution in [2.45, 2.75) is 39.2 Å². The molecule has 0 aromatic carbocycles. The van der Waals surface area contributed by atoms with E-state index in [9.17, 15) is 17.6 Å². The first-order valence-electron chi connectivity index (χ1n) is 6.36. The molecule has 0 aliphatic heterocycles. The Hall–Kier alpha value is -1.33. The molecule has 2 nitrogen and oxygen atoms in total. The average molecular weight is 276 g/mol. The van der Waals surface area contributed by atoms with Crippen molar-refractivity contribution in [1.29, 1.82) is 0 Å². The molecular formula is C13H16F4N2. The molecule has 1 heterocycles. The molecule has 0 bridgehead atoms. The molecule has 3 atom stereocenters. The molecule has 1 N–H and O–H groups in total. The zero-order chi connectivity index (χ0) is 14.2. The normalized spacial score (nSPS) is 27.4. The van der Waals surface area contributed by atoms with Crippen LogP contribution in [0.2, 0.25) is 0 Å². The number of hydrogen-bond acceptors (Lipinski definition) is 2. The van der Waals surface area contributed by atoms with Crippen molar-refractivity contribution in [3.05, 3.63) is 23.5 Å². The van der Waals surface area contributed by atoms with Gasteiger partial charge >= 0.3 is 0 Å². The second kappa shape index (κ2) is 5.35. The molecule has 2 rings (SSSR count). The first kappa shape index (κ1) is 14.1. The third-order valence-corrected chi connectivity index (χ3v) is 3.94. The topological polar surface area (TPSA) is 24.9 Å². The Balaban J connectivity index is 2.20. The van der Waals surface area contributed by atoms with Crippen molar-refractivity contribution < 1.29 is 17.6 Å². The Kier molecular flexibility index (Phi) is 3.96. The Labute approximate surface area is 109 Å². The van der Waals surface area contributed by atoms with Crippen LogP contribution >= 0.6 is 0 Å². The van der Waals surface area contributed by atoms with E-state index in [0.717, 1.165) is 12.8 Å².